The van der Waals surface area contributed by atoms with Gasteiger partial charge in [-0.25, -0.2) is 4.98 Å². The Labute approximate surface area is 84.0 Å². The molecule has 3 nitrogen and oxygen atoms in total. The molecule has 1 atom stereocenters. The Bertz CT molecular complexity index is 310. The second-order valence-electron chi connectivity index (χ2n) is 3.99. The molecule has 0 aromatic carbocycles. The monoisotopic (exact) mass is 192 g/mol. The van der Waals surface area contributed by atoms with E-state index in [1.54, 1.807) is 6.20 Å². The molecule has 1 fully saturated rings. The average molecular weight is 192 g/mol. The molecule has 1 aliphatic rings. The van der Waals surface area contributed by atoms with Crippen molar-refractivity contribution in [3.05, 3.63) is 23.9 Å². The van der Waals surface area contributed by atoms with Crippen molar-refractivity contribution in [2.45, 2.75) is 31.8 Å². The van der Waals surface area contributed by atoms with Gasteiger partial charge in [0.2, 0.25) is 0 Å². The molecule has 0 saturated heterocycles. The fraction of sp³-hybridized carbons (Fsp3) is 0.545. The Morgan fingerprint density at radius 2 is 2.36 bits per heavy atom. The maximum Gasteiger partial charge on any atom is 0.126 e. The van der Waals surface area contributed by atoms with Crippen LogP contribution in [0.4, 0.5) is 5.82 Å². The highest BCUT2D eigenvalue weighted by Gasteiger charge is 2.29. The van der Waals surface area contributed by atoms with E-state index in [0.29, 0.717) is 11.7 Å². The molecule has 1 aromatic rings. The summed E-state index contributed by atoms with van der Waals surface area (Å²) in [6, 6.07) is 3.86. The number of aromatic nitrogens is 1. The van der Waals surface area contributed by atoms with Gasteiger partial charge in [-0.1, -0.05) is 6.07 Å². The topological polar surface area (TPSA) is 59.1 Å². The van der Waals surface area contributed by atoms with E-state index in [-0.39, 0.29) is 6.10 Å². The van der Waals surface area contributed by atoms with Crippen molar-refractivity contribution in [2.75, 3.05) is 5.73 Å². The molecule has 0 spiro atoms. The largest absolute Gasteiger partial charge is 0.393 e. The van der Waals surface area contributed by atoms with Gasteiger partial charge in [0.25, 0.3) is 0 Å². The van der Waals surface area contributed by atoms with Gasteiger partial charge in [0.05, 0.1) is 6.10 Å². The van der Waals surface area contributed by atoms with E-state index >= 15 is 0 Å². The average Bonchev–Trinajstić information content (AvgIpc) is 2.99. The number of pyridine rings is 1. The summed E-state index contributed by atoms with van der Waals surface area (Å²) in [5.74, 6) is 1.14. The number of rotatable bonds is 4. The number of aryl methyl sites for hydroxylation is 1. The highest BCUT2D eigenvalue weighted by molar-refractivity contribution is 5.38. The maximum atomic E-state index is 9.68. The second kappa shape index (κ2) is 3.96. The van der Waals surface area contributed by atoms with Crippen molar-refractivity contribution in [2.24, 2.45) is 5.92 Å². The standard InChI is InChI=1S/C11H16N2O/c12-11-9(2-1-7-13-11)5-6-10(14)8-3-4-8/h1-2,7-8,10,14H,3-6H2,(H2,12,13). The third kappa shape index (κ3) is 2.23. The highest BCUT2D eigenvalue weighted by Crippen LogP contribution is 2.34. The number of nitrogens with zero attached hydrogens (tertiary/aromatic N) is 1. The van der Waals surface area contributed by atoms with Crippen molar-refractivity contribution in [1.82, 2.24) is 4.98 Å². The zero-order chi connectivity index (χ0) is 9.97. The lowest BCUT2D eigenvalue weighted by Gasteiger charge is -2.09. The number of aliphatic hydroxyl groups is 1. The summed E-state index contributed by atoms with van der Waals surface area (Å²) in [6.45, 7) is 0. The fourth-order valence-corrected chi connectivity index (χ4v) is 1.68. The summed E-state index contributed by atoms with van der Waals surface area (Å²) in [4.78, 5) is 4.01. The molecule has 2 rings (SSSR count). The molecule has 3 N–H and O–H groups in total. The van der Waals surface area contributed by atoms with Crippen molar-refractivity contribution in [1.29, 1.82) is 0 Å². The highest BCUT2D eigenvalue weighted by atomic mass is 16.3. The number of nitrogens with two attached hydrogens (primary N) is 1. The normalized spacial score (nSPS) is 18.1. The second-order valence-corrected chi connectivity index (χ2v) is 3.99. The molecule has 1 saturated carbocycles. The molecule has 1 unspecified atom stereocenters. The lowest BCUT2D eigenvalue weighted by Crippen LogP contribution is -2.11. The SMILES string of the molecule is Nc1ncccc1CCC(O)C1CC1. The van der Waals surface area contributed by atoms with Crippen molar-refractivity contribution >= 4 is 5.82 Å². The molecule has 0 aliphatic heterocycles. The molecule has 14 heavy (non-hydrogen) atoms. The molecule has 1 heterocycles. The van der Waals surface area contributed by atoms with E-state index in [1.807, 2.05) is 12.1 Å². The number of nitrogen functional groups attached to an aromatic ring is 1. The first kappa shape index (κ1) is 9.46. The molecule has 1 aliphatic carbocycles. The van der Waals surface area contributed by atoms with Crippen LogP contribution >= 0.6 is 0 Å². The molecule has 0 radical (unpaired) electrons. The van der Waals surface area contributed by atoms with E-state index in [1.165, 1.54) is 12.8 Å². The van der Waals surface area contributed by atoms with Crippen LogP contribution in [0.5, 0.6) is 0 Å². The Morgan fingerprint density at radius 3 is 3.00 bits per heavy atom. The Kier molecular flexibility index (Phi) is 2.68. The molecule has 3 heteroatoms. The smallest absolute Gasteiger partial charge is 0.126 e. The van der Waals surface area contributed by atoms with E-state index in [0.717, 1.165) is 18.4 Å². The quantitative estimate of drug-likeness (QED) is 0.757. The van der Waals surface area contributed by atoms with Crippen molar-refractivity contribution in [3.8, 4) is 0 Å². The molecule has 0 bridgehead atoms. The molecule has 76 valence electrons. The van der Waals surface area contributed by atoms with Crippen LogP contribution in [0.15, 0.2) is 18.3 Å². The minimum atomic E-state index is -0.144. The van der Waals surface area contributed by atoms with Crippen LogP contribution in [0.1, 0.15) is 24.8 Å². The summed E-state index contributed by atoms with van der Waals surface area (Å²) in [7, 11) is 0. The van der Waals surface area contributed by atoms with Gasteiger partial charge in [0.15, 0.2) is 0 Å². The third-order valence-corrected chi connectivity index (χ3v) is 2.80. The summed E-state index contributed by atoms with van der Waals surface area (Å²) in [5, 5.41) is 9.68. The van der Waals surface area contributed by atoms with Crippen molar-refractivity contribution < 1.29 is 5.11 Å². The van der Waals surface area contributed by atoms with Gasteiger partial charge in [-0.05, 0) is 43.2 Å². The predicted octanol–water partition coefficient (Wildman–Crippen LogP) is 1.37. The maximum absolute atomic E-state index is 9.68. The predicted molar refractivity (Wildman–Crippen MR) is 55.7 cm³/mol. The van der Waals surface area contributed by atoms with Gasteiger partial charge < -0.3 is 10.8 Å². The van der Waals surface area contributed by atoms with Gasteiger partial charge in [-0.15, -0.1) is 0 Å². The number of aliphatic hydroxyl groups excluding tert-OH is 1. The Hall–Kier alpha value is -1.09. The zero-order valence-corrected chi connectivity index (χ0v) is 8.19. The lowest BCUT2D eigenvalue weighted by atomic mass is 10.1. The first-order valence-corrected chi connectivity index (χ1v) is 5.15. The van der Waals surface area contributed by atoms with Crippen LogP contribution in [-0.2, 0) is 6.42 Å². The van der Waals surface area contributed by atoms with E-state index in [4.69, 9.17) is 5.73 Å². The molecule has 1 aromatic heterocycles. The van der Waals surface area contributed by atoms with Crippen LogP contribution in [-0.4, -0.2) is 16.2 Å². The third-order valence-electron chi connectivity index (χ3n) is 2.80. The summed E-state index contributed by atoms with van der Waals surface area (Å²) in [6.07, 6.45) is 5.55. The van der Waals surface area contributed by atoms with Gasteiger partial charge in [0, 0.05) is 6.20 Å². The summed E-state index contributed by atoms with van der Waals surface area (Å²) in [5.41, 5.74) is 6.75. The number of hydrogen-bond acceptors (Lipinski definition) is 3. The number of anilines is 1. The van der Waals surface area contributed by atoms with Crippen LogP contribution in [0.3, 0.4) is 0 Å². The molecule has 0 amide bonds. The minimum Gasteiger partial charge on any atom is -0.393 e. The molecular weight excluding hydrogens is 176 g/mol. The number of hydrogen-bond donors (Lipinski definition) is 2. The first-order chi connectivity index (χ1) is 6.77. The Balaban J connectivity index is 1.87. The fourth-order valence-electron chi connectivity index (χ4n) is 1.68. The van der Waals surface area contributed by atoms with Crippen LogP contribution in [0, 0.1) is 5.92 Å². The summed E-state index contributed by atoms with van der Waals surface area (Å²) < 4.78 is 0. The van der Waals surface area contributed by atoms with Gasteiger partial charge >= 0.3 is 0 Å². The van der Waals surface area contributed by atoms with Crippen molar-refractivity contribution in [3.63, 3.8) is 0 Å². The lowest BCUT2D eigenvalue weighted by molar-refractivity contribution is 0.142. The van der Waals surface area contributed by atoms with E-state index < -0.39 is 0 Å². The Morgan fingerprint density at radius 1 is 1.57 bits per heavy atom. The zero-order valence-electron chi connectivity index (χ0n) is 8.19. The van der Waals surface area contributed by atoms with Crippen LogP contribution in [0.25, 0.3) is 0 Å². The van der Waals surface area contributed by atoms with Gasteiger partial charge in [-0.2, -0.15) is 0 Å². The molecular formula is C11H16N2O. The van der Waals surface area contributed by atoms with E-state index in [9.17, 15) is 5.11 Å². The first-order valence-electron chi connectivity index (χ1n) is 5.15. The van der Waals surface area contributed by atoms with Crippen LogP contribution < -0.4 is 5.73 Å². The van der Waals surface area contributed by atoms with Crippen LogP contribution in [0.2, 0.25) is 0 Å². The summed E-state index contributed by atoms with van der Waals surface area (Å²) >= 11 is 0. The van der Waals surface area contributed by atoms with E-state index in [2.05, 4.69) is 4.98 Å². The van der Waals surface area contributed by atoms with Gasteiger partial charge in [0.1, 0.15) is 5.82 Å². The van der Waals surface area contributed by atoms with Gasteiger partial charge in [-0.3, -0.25) is 0 Å². The minimum absolute atomic E-state index is 0.144.